The predicted molar refractivity (Wildman–Crippen MR) is 57.0 cm³/mol. The second-order valence-corrected chi connectivity index (χ2v) is 2.93. The Labute approximate surface area is 89.8 Å². The summed E-state index contributed by atoms with van der Waals surface area (Å²) in [6.07, 6.45) is 3.16. The summed E-state index contributed by atoms with van der Waals surface area (Å²) in [5, 5.41) is 5.40. The van der Waals surface area contributed by atoms with E-state index in [9.17, 15) is 4.79 Å². The minimum Gasteiger partial charge on any atom is -0.460 e. The maximum Gasteiger partial charge on any atom is 0.323 e. The maximum atomic E-state index is 11.1. The predicted octanol–water partition coefficient (Wildman–Crippen LogP) is 0.990. The highest BCUT2D eigenvalue weighted by Crippen LogP contribution is 2.06. The molecular formula is C10H18N2O3. The van der Waals surface area contributed by atoms with Crippen molar-refractivity contribution in [2.75, 3.05) is 6.61 Å². The molecule has 3 N–H and O–H groups in total. The molecule has 0 fully saturated rings. The summed E-state index contributed by atoms with van der Waals surface area (Å²) in [5.74, 6) is -0.174. The first-order chi connectivity index (χ1) is 7.04. The highest BCUT2D eigenvalue weighted by Gasteiger charge is 2.19. The van der Waals surface area contributed by atoms with E-state index in [-0.39, 0.29) is 18.5 Å². The molecule has 0 spiro atoms. The zero-order valence-corrected chi connectivity index (χ0v) is 9.16. The molecule has 0 aliphatic heterocycles. The standard InChI is InChI=1S/C9H17NO2.CHNO/c1-4-6-12-9(11)8(10)7(3)5-2;2-1-3/h4,7-8H,1,5-6,10H2,2-3H3;2H/t7-,8-;/m0./s1. The van der Waals surface area contributed by atoms with Crippen molar-refractivity contribution in [2.45, 2.75) is 26.3 Å². The van der Waals surface area contributed by atoms with Gasteiger partial charge in [-0.2, -0.15) is 0 Å². The summed E-state index contributed by atoms with van der Waals surface area (Å²) in [5.41, 5.74) is 5.60. The van der Waals surface area contributed by atoms with Crippen LogP contribution in [0.5, 0.6) is 0 Å². The highest BCUT2D eigenvalue weighted by molar-refractivity contribution is 5.75. The van der Waals surface area contributed by atoms with Gasteiger partial charge in [-0.15, -0.1) is 0 Å². The van der Waals surface area contributed by atoms with Gasteiger partial charge in [0.1, 0.15) is 12.6 Å². The van der Waals surface area contributed by atoms with Gasteiger partial charge in [-0.25, -0.2) is 10.2 Å². The lowest BCUT2D eigenvalue weighted by Crippen LogP contribution is -2.38. The molecule has 0 amide bonds. The third-order valence-corrected chi connectivity index (χ3v) is 1.87. The van der Waals surface area contributed by atoms with Crippen LogP contribution in [0.15, 0.2) is 12.7 Å². The van der Waals surface area contributed by atoms with Crippen LogP contribution in [0.2, 0.25) is 0 Å². The Balaban J connectivity index is 0. The zero-order chi connectivity index (χ0) is 12.3. The molecule has 15 heavy (non-hydrogen) atoms. The normalized spacial score (nSPS) is 12.5. The number of carbonyl (C=O) groups excluding carboxylic acids is 2. The monoisotopic (exact) mass is 214 g/mol. The van der Waals surface area contributed by atoms with Crippen LogP contribution in [-0.2, 0) is 14.3 Å². The van der Waals surface area contributed by atoms with E-state index < -0.39 is 6.04 Å². The molecule has 86 valence electrons. The SMILES string of the molecule is C=CCOC(=O)[C@@H](N)[C@@H](C)CC.N=C=O. The van der Waals surface area contributed by atoms with Gasteiger partial charge in [0.25, 0.3) is 0 Å². The van der Waals surface area contributed by atoms with Crippen LogP contribution in [0, 0.1) is 11.3 Å². The third kappa shape index (κ3) is 8.87. The Morgan fingerprint density at radius 3 is 2.53 bits per heavy atom. The molecule has 0 unspecified atom stereocenters. The van der Waals surface area contributed by atoms with Crippen LogP contribution < -0.4 is 5.73 Å². The number of esters is 1. The van der Waals surface area contributed by atoms with E-state index in [2.05, 4.69) is 6.58 Å². The smallest absolute Gasteiger partial charge is 0.323 e. The van der Waals surface area contributed by atoms with E-state index in [1.807, 2.05) is 13.8 Å². The highest BCUT2D eigenvalue weighted by atomic mass is 16.5. The fraction of sp³-hybridized carbons (Fsp3) is 0.600. The van der Waals surface area contributed by atoms with Gasteiger partial charge in [0.05, 0.1) is 0 Å². The van der Waals surface area contributed by atoms with Crippen LogP contribution in [0.1, 0.15) is 20.3 Å². The summed E-state index contributed by atoms with van der Waals surface area (Å²) in [7, 11) is 0. The molecule has 0 saturated heterocycles. The lowest BCUT2D eigenvalue weighted by molar-refractivity contribution is -0.145. The fourth-order valence-corrected chi connectivity index (χ4v) is 0.724. The first kappa shape index (κ1) is 16.0. The number of hydrogen-bond donors (Lipinski definition) is 2. The molecule has 0 aromatic heterocycles. The minimum atomic E-state index is -0.505. The number of isocyanates is 1. The topological polar surface area (TPSA) is 93.2 Å². The molecular weight excluding hydrogens is 196 g/mol. The first-order valence-corrected chi connectivity index (χ1v) is 4.62. The number of nitrogens with two attached hydrogens (primary N) is 1. The van der Waals surface area contributed by atoms with Crippen LogP contribution >= 0.6 is 0 Å². The third-order valence-electron chi connectivity index (χ3n) is 1.87. The molecule has 0 saturated carbocycles. The quantitative estimate of drug-likeness (QED) is 0.309. The van der Waals surface area contributed by atoms with E-state index in [1.54, 1.807) is 0 Å². The Bertz CT molecular complexity index is 223. The fourth-order valence-electron chi connectivity index (χ4n) is 0.724. The average molecular weight is 214 g/mol. The van der Waals surface area contributed by atoms with Gasteiger partial charge in [-0.05, 0) is 5.92 Å². The molecule has 0 radical (unpaired) electrons. The van der Waals surface area contributed by atoms with E-state index >= 15 is 0 Å². The Morgan fingerprint density at radius 2 is 2.20 bits per heavy atom. The van der Waals surface area contributed by atoms with Gasteiger partial charge >= 0.3 is 5.97 Å². The molecule has 5 heteroatoms. The number of hydrogen-bond acceptors (Lipinski definition) is 5. The molecule has 2 atom stereocenters. The average Bonchev–Trinajstić information content (AvgIpc) is 2.24. The van der Waals surface area contributed by atoms with Gasteiger partial charge in [-0.3, -0.25) is 4.79 Å². The Morgan fingerprint density at radius 1 is 1.73 bits per heavy atom. The number of carbonyl (C=O) groups is 1. The lowest BCUT2D eigenvalue weighted by atomic mass is 10.0. The number of nitrogens with one attached hydrogen (secondary N) is 1. The number of ether oxygens (including phenoxy) is 1. The van der Waals surface area contributed by atoms with Crippen LogP contribution in [0.4, 0.5) is 0 Å². The summed E-state index contributed by atoms with van der Waals surface area (Å²) in [6, 6.07) is -0.505. The van der Waals surface area contributed by atoms with E-state index in [1.165, 1.54) is 6.08 Å². The van der Waals surface area contributed by atoms with Gasteiger partial charge < -0.3 is 10.5 Å². The molecule has 0 aliphatic rings. The Hall–Kier alpha value is -1.45. The summed E-state index contributed by atoms with van der Waals surface area (Å²) >= 11 is 0. The molecule has 0 aromatic rings. The largest absolute Gasteiger partial charge is 0.460 e. The minimum absolute atomic E-state index is 0.169. The van der Waals surface area contributed by atoms with Crippen LogP contribution in [-0.4, -0.2) is 24.7 Å². The Kier molecular flexibility index (Phi) is 11.3. The van der Waals surface area contributed by atoms with E-state index in [0.717, 1.165) is 12.5 Å². The van der Waals surface area contributed by atoms with Crippen molar-refractivity contribution < 1.29 is 14.3 Å². The van der Waals surface area contributed by atoms with Crippen molar-refractivity contribution in [1.29, 1.82) is 5.41 Å². The van der Waals surface area contributed by atoms with Gasteiger partial charge in [0.2, 0.25) is 6.08 Å². The molecule has 0 bridgehead atoms. The molecule has 0 aliphatic carbocycles. The van der Waals surface area contributed by atoms with Gasteiger partial charge in [0.15, 0.2) is 0 Å². The van der Waals surface area contributed by atoms with Gasteiger partial charge in [-0.1, -0.05) is 32.9 Å². The summed E-state index contributed by atoms with van der Waals surface area (Å²) in [4.78, 5) is 19.5. The summed E-state index contributed by atoms with van der Waals surface area (Å²) in [6.45, 7) is 7.60. The van der Waals surface area contributed by atoms with Gasteiger partial charge in [0, 0.05) is 0 Å². The zero-order valence-electron chi connectivity index (χ0n) is 9.16. The second-order valence-electron chi connectivity index (χ2n) is 2.93. The molecule has 0 aromatic carbocycles. The van der Waals surface area contributed by atoms with Crippen LogP contribution in [0.3, 0.4) is 0 Å². The van der Waals surface area contributed by atoms with Crippen molar-refractivity contribution in [3.63, 3.8) is 0 Å². The van der Waals surface area contributed by atoms with Crippen molar-refractivity contribution >= 4 is 12.0 Å². The van der Waals surface area contributed by atoms with E-state index in [4.69, 9.17) is 20.7 Å². The van der Waals surface area contributed by atoms with Crippen molar-refractivity contribution in [1.82, 2.24) is 0 Å². The molecule has 5 nitrogen and oxygen atoms in total. The van der Waals surface area contributed by atoms with Crippen molar-refractivity contribution in [3.8, 4) is 0 Å². The van der Waals surface area contributed by atoms with E-state index in [0.29, 0.717) is 0 Å². The molecule has 0 heterocycles. The van der Waals surface area contributed by atoms with Crippen LogP contribution in [0.25, 0.3) is 0 Å². The molecule has 0 rings (SSSR count). The lowest BCUT2D eigenvalue weighted by Gasteiger charge is -2.15. The van der Waals surface area contributed by atoms with Crippen molar-refractivity contribution in [3.05, 3.63) is 12.7 Å². The van der Waals surface area contributed by atoms with Crippen molar-refractivity contribution in [2.24, 2.45) is 11.7 Å². The second kappa shape index (κ2) is 10.6. The summed E-state index contributed by atoms with van der Waals surface area (Å²) < 4.78 is 4.79. The maximum absolute atomic E-state index is 11.1. The number of rotatable bonds is 5. The first-order valence-electron chi connectivity index (χ1n) is 4.62.